The molecule has 0 bridgehead atoms. The molecule has 8 heteroatoms. The number of hydrogen-bond acceptors (Lipinski definition) is 6. The maximum absolute atomic E-state index is 13.3. The number of ketones is 1. The third-order valence-corrected chi connectivity index (χ3v) is 9.12. The molecule has 0 radical (unpaired) electrons. The smallest absolute Gasteiger partial charge is 0.176 e. The van der Waals surface area contributed by atoms with E-state index in [2.05, 4.69) is 33.8 Å². The van der Waals surface area contributed by atoms with Crippen LogP contribution < -0.4 is 15.4 Å². The molecule has 0 aliphatic carbocycles. The number of rotatable bonds is 13. The van der Waals surface area contributed by atoms with Crippen LogP contribution in [0.25, 0.3) is 21.8 Å². The highest BCUT2D eigenvalue weighted by atomic mass is 32.2. The number of carbonyl (C=O) groups is 1. The van der Waals surface area contributed by atoms with Gasteiger partial charge in [-0.1, -0.05) is 91.0 Å². The number of ether oxygens (including phenoxy) is 1. The maximum Gasteiger partial charge on any atom is 0.176 e. The van der Waals surface area contributed by atoms with Crippen LogP contribution in [0.5, 0.6) is 5.75 Å². The van der Waals surface area contributed by atoms with Gasteiger partial charge in [-0.15, -0.1) is 0 Å². The van der Waals surface area contributed by atoms with Crippen LogP contribution in [0, 0.1) is 0 Å². The zero-order valence-electron chi connectivity index (χ0n) is 24.9. The minimum atomic E-state index is -3.47. The number of sulfone groups is 1. The van der Waals surface area contributed by atoms with Crippen LogP contribution in [0.4, 0.5) is 5.69 Å². The van der Waals surface area contributed by atoms with Gasteiger partial charge in [-0.2, -0.15) is 0 Å². The number of anilines is 1. The number of Topliss-reactive ketones (excluding diaryl/α,β-unsaturated/α-hetero) is 1. The number of carbonyl (C=O) groups excluding carboxylic acids is 1. The van der Waals surface area contributed by atoms with Gasteiger partial charge in [0.15, 0.2) is 21.0 Å². The Labute approximate surface area is 263 Å². The topological polar surface area (TPSA) is 100 Å². The highest BCUT2D eigenvalue weighted by Crippen LogP contribution is 2.29. The molecular weight excluding hydrogens is 582 g/mol. The van der Waals surface area contributed by atoms with E-state index in [4.69, 9.17) is 4.74 Å². The van der Waals surface area contributed by atoms with E-state index in [0.717, 1.165) is 27.7 Å². The fourth-order valence-corrected chi connectivity index (χ4v) is 6.61. The molecule has 0 spiro atoms. The molecule has 45 heavy (non-hydrogen) atoms. The van der Waals surface area contributed by atoms with Crippen molar-refractivity contribution >= 4 is 43.1 Å². The summed E-state index contributed by atoms with van der Waals surface area (Å²) < 4.78 is 31.3. The van der Waals surface area contributed by atoms with Gasteiger partial charge in [0.2, 0.25) is 0 Å². The first-order valence-corrected chi connectivity index (χ1v) is 16.9. The predicted octanol–water partition coefficient (Wildman–Crippen LogP) is 7.46. The molecule has 0 amide bonds. The molecule has 2 atom stereocenters. The Hall–Kier alpha value is -4.92. The molecule has 6 aromatic rings. The van der Waals surface area contributed by atoms with E-state index in [9.17, 15) is 13.2 Å². The van der Waals surface area contributed by atoms with Crippen molar-refractivity contribution in [3.8, 4) is 5.75 Å². The standard InChI is InChI=1S/C37H35N3O4S/c1-45(42,43)37(27-13-6-3-7-14-27)39-29-16-10-15-28(23-29)36(41)25-38-33(26-11-4-2-5-12-26)21-22-44-30-19-20-32-31-17-8-9-18-34(31)40-35(32)24-30/h2-20,23-24,33,37-40H,21-22,25H2,1H3. The monoisotopic (exact) mass is 617 g/mol. The Balaban J connectivity index is 1.11. The number of benzene rings is 5. The highest BCUT2D eigenvalue weighted by molar-refractivity contribution is 7.91. The molecule has 1 heterocycles. The SMILES string of the molecule is CS(=O)(=O)C(Nc1cccc(C(=O)CNC(CCOc2ccc3c(c2)[nH]c2ccccc23)c2ccccc2)c1)c1ccccc1. The van der Waals surface area contributed by atoms with Crippen LogP contribution in [-0.4, -0.2) is 38.6 Å². The third kappa shape index (κ3) is 7.25. The second-order valence-electron chi connectivity index (χ2n) is 11.1. The molecular formula is C37H35N3O4S. The van der Waals surface area contributed by atoms with Crippen LogP contribution in [0.2, 0.25) is 0 Å². The van der Waals surface area contributed by atoms with Gasteiger partial charge in [0.05, 0.1) is 18.7 Å². The number of nitrogens with one attached hydrogen (secondary N) is 3. The van der Waals surface area contributed by atoms with Crippen molar-refractivity contribution in [3.05, 3.63) is 144 Å². The van der Waals surface area contributed by atoms with Gasteiger partial charge in [0, 0.05) is 52.3 Å². The van der Waals surface area contributed by atoms with E-state index in [0.29, 0.717) is 29.8 Å². The zero-order valence-corrected chi connectivity index (χ0v) is 25.8. The first-order valence-electron chi connectivity index (χ1n) is 14.9. The summed E-state index contributed by atoms with van der Waals surface area (Å²) in [5.41, 5.74) is 4.86. The van der Waals surface area contributed by atoms with Crippen molar-refractivity contribution in [2.45, 2.75) is 17.8 Å². The molecule has 0 aliphatic heterocycles. The lowest BCUT2D eigenvalue weighted by Gasteiger charge is -2.20. The maximum atomic E-state index is 13.3. The summed E-state index contributed by atoms with van der Waals surface area (Å²) in [4.78, 5) is 16.8. The van der Waals surface area contributed by atoms with Crippen molar-refractivity contribution in [2.75, 3.05) is 24.7 Å². The number of aromatic amines is 1. The first kappa shape index (κ1) is 30.1. The van der Waals surface area contributed by atoms with Gasteiger partial charge in [-0.3, -0.25) is 4.79 Å². The average Bonchev–Trinajstić information content (AvgIpc) is 3.43. The lowest BCUT2D eigenvalue weighted by molar-refractivity contribution is 0.0985. The third-order valence-electron chi connectivity index (χ3n) is 7.88. The molecule has 7 nitrogen and oxygen atoms in total. The Morgan fingerprint density at radius 3 is 2.20 bits per heavy atom. The highest BCUT2D eigenvalue weighted by Gasteiger charge is 2.23. The van der Waals surface area contributed by atoms with Gasteiger partial charge in [-0.25, -0.2) is 8.42 Å². The van der Waals surface area contributed by atoms with Crippen molar-refractivity contribution in [2.24, 2.45) is 0 Å². The summed E-state index contributed by atoms with van der Waals surface area (Å²) >= 11 is 0. The first-order chi connectivity index (χ1) is 21.8. The Morgan fingerprint density at radius 1 is 0.756 bits per heavy atom. The van der Waals surface area contributed by atoms with Crippen LogP contribution in [-0.2, 0) is 9.84 Å². The van der Waals surface area contributed by atoms with Gasteiger partial charge < -0.3 is 20.4 Å². The van der Waals surface area contributed by atoms with Crippen molar-refractivity contribution in [1.29, 1.82) is 0 Å². The van der Waals surface area contributed by atoms with Gasteiger partial charge in [-0.05, 0) is 41.5 Å². The summed E-state index contributed by atoms with van der Waals surface area (Å²) in [6, 6.07) is 40.2. The predicted molar refractivity (Wildman–Crippen MR) is 182 cm³/mol. The Bertz CT molecular complexity index is 2030. The van der Waals surface area contributed by atoms with E-state index in [1.54, 1.807) is 48.5 Å². The summed E-state index contributed by atoms with van der Waals surface area (Å²) in [5.74, 6) is 0.685. The van der Waals surface area contributed by atoms with E-state index < -0.39 is 15.2 Å². The normalized spacial score (nSPS) is 13.0. The average molecular weight is 618 g/mol. The quantitative estimate of drug-likeness (QED) is 0.116. The van der Waals surface area contributed by atoms with Crippen LogP contribution in [0.1, 0.15) is 39.3 Å². The molecule has 0 aliphatic rings. The second-order valence-corrected chi connectivity index (χ2v) is 13.3. The molecule has 228 valence electrons. The summed E-state index contributed by atoms with van der Waals surface area (Å²) in [5, 5.41) is 7.94. The van der Waals surface area contributed by atoms with Gasteiger partial charge in [0.1, 0.15) is 5.75 Å². The van der Waals surface area contributed by atoms with E-state index >= 15 is 0 Å². The van der Waals surface area contributed by atoms with Crippen molar-refractivity contribution < 1.29 is 17.9 Å². The fourth-order valence-electron chi connectivity index (χ4n) is 5.61. The van der Waals surface area contributed by atoms with Gasteiger partial charge in [0.25, 0.3) is 0 Å². The minimum absolute atomic E-state index is 0.0969. The van der Waals surface area contributed by atoms with E-state index in [1.807, 2.05) is 60.7 Å². The number of hydrogen-bond donors (Lipinski definition) is 3. The molecule has 6 rings (SSSR count). The summed E-state index contributed by atoms with van der Waals surface area (Å²) in [7, 11) is -3.47. The summed E-state index contributed by atoms with van der Waals surface area (Å²) in [6.07, 6.45) is 1.85. The van der Waals surface area contributed by atoms with Crippen LogP contribution >= 0.6 is 0 Å². The summed E-state index contributed by atoms with van der Waals surface area (Å²) in [6.45, 7) is 0.566. The van der Waals surface area contributed by atoms with Crippen molar-refractivity contribution in [3.63, 3.8) is 0 Å². The van der Waals surface area contributed by atoms with Crippen LogP contribution in [0.15, 0.2) is 127 Å². The fraction of sp³-hybridized carbons (Fsp3) is 0.162. The van der Waals surface area contributed by atoms with Gasteiger partial charge >= 0.3 is 0 Å². The Morgan fingerprint density at radius 2 is 1.44 bits per heavy atom. The molecule has 0 saturated heterocycles. The van der Waals surface area contributed by atoms with Crippen molar-refractivity contribution in [1.82, 2.24) is 10.3 Å². The lowest BCUT2D eigenvalue weighted by Crippen LogP contribution is -2.29. The van der Waals surface area contributed by atoms with E-state index in [1.165, 1.54) is 11.6 Å². The number of aromatic nitrogens is 1. The van der Waals surface area contributed by atoms with Crippen LogP contribution in [0.3, 0.4) is 0 Å². The molecule has 0 saturated carbocycles. The minimum Gasteiger partial charge on any atom is -0.493 e. The molecule has 0 fully saturated rings. The lowest BCUT2D eigenvalue weighted by atomic mass is 10.0. The second kappa shape index (κ2) is 13.4. The Kier molecular flexibility index (Phi) is 8.96. The number of H-pyrrole nitrogens is 1. The molecule has 3 N–H and O–H groups in total. The largest absolute Gasteiger partial charge is 0.493 e. The molecule has 2 unspecified atom stereocenters. The molecule has 1 aromatic heterocycles. The molecule has 5 aromatic carbocycles. The number of fused-ring (bicyclic) bond motifs is 3. The zero-order chi connectivity index (χ0) is 31.2. The number of para-hydroxylation sites is 1. The van der Waals surface area contributed by atoms with E-state index in [-0.39, 0.29) is 18.4 Å².